The van der Waals surface area contributed by atoms with Crippen molar-refractivity contribution in [3.8, 4) is 5.75 Å². The van der Waals surface area contributed by atoms with Gasteiger partial charge in [-0.2, -0.15) is 0 Å². The Labute approximate surface area is 90.8 Å². The molecule has 0 unspecified atom stereocenters. The van der Waals surface area contributed by atoms with E-state index in [4.69, 9.17) is 5.26 Å². The van der Waals surface area contributed by atoms with Crippen LogP contribution >= 0.6 is 0 Å². The lowest BCUT2D eigenvalue weighted by molar-refractivity contribution is -0.137. The van der Waals surface area contributed by atoms with Gasteiger partial charge < -0.3 is 4.89 Å². The monoisotopic (exact) mass is 206 g/mol. The lowest BCUT2D eigenvalue weighted by atomic mass is 9.79. The van der Waals surface area contributed by atoms with Gasteiger partial charge in [0.25, 0.3) is 0 Å². The lowest BCUT2D eigenvalue weighted by Crippen LogP contribution is -2.10. The standard InChI is InChI=1S/C13H18O2/c1-10-2-4-11(5-3-10)12-6-8-13(15-14)9-7-12/h6-11,14H,2-5H2,1H3. The van der Waals surface area contributed by atoms with Crippen molar-refractivity contribution in [2.24, 2.45) is 5.92 Å². The zero-order chi connectivity index (χ0) is 10.7. The van der Waals surface area contributed by atoms with Crippen LogP contribution < -0.4 is 4.89 Å². The summed E-state index contributed by atoms with van der Waals surface area (Å²) in [5, 5.41) is 8.47. The Bertz CT molecular complexity index is 297. The van der Waals surface area contributed by atoms with E-state index in [1.807, 2.05) is 12.1 Å². The maximum absolute atomic E-state index is 8.47. The summed E-state index contributed by atoms with van der Waals surface area (Å²) in [6, 6.07) is 7.78. The topological polar surface area (TPSA) is 29.5 Å². The van der Waals surface area contributed by atoms with Crippen molar-refractivity contribution in [2.45, 2.75) is 38.5 Å². The van der Waals surface area contributed by atoms with Gasteiger partial charge in [-0.1, -0.05) is 31.9 Å². The molecule has 82 valence electrons. The quantitative estimate of drug-likeness (QED) is 0.588. The molecule has 0 saturated heterocycles. The largest absolute Gasteiger partial charge is 0.340 e. The molecule has 2 heteroatoms. The number of hydrogen-bond donors (Lipinski definition) is 1. The fourth-order valence-electron chi connectivity index (χ4n) is 2.39. The van der Waals surface area contributed by atoms with Gasteiger partial charge in [-0.3, -0.25) is 0 Å². The molecule has 2 nitrogen and oxygen atoms in total. The van der Waals surface area contributed by atoms with E-state index >= 15 is 0 Å². The van der Waals surface area contributed by atoms with Crippen LogP contribution in [0, 0.1) is 5.92 Å². The third-order valence-corrected chi connectivity index (χ3v) is 3.47. The van der Waals surface area contributed by atoms with Gasteiger partial charge in [0.15, 0.2) is 5.75 Å². The molecule has 0 atom stereocenters. The van der Waals surface area contributed by atoms with Crippen LogP contribution in [0.25, 0.3) is 0 Å². The molecular formula is C13H18O2. The summed E-state index contributed by atoms with van der Waals surface area (Å²) in [5.74, 6) is 2.11. The summed E-state index contributed by atoms with van der Waals surface area (Å²) in [5.41, 5.74) is 1.38. The van der Waals surface area contributed by atoms with Crippen LogP contribution in [0.1, 0.15) is 44.1 Å². The average Bonchev–Trinajstić information content (AvgIpc) is 2.30. The molecule has 0 aliphatic heterocycles. The Morgan fingerprint density at radius 1 is 1.07 bits per heavy atom. The zero-order valence-electron chi connectivity index (χ0n) is 9.15. The maximum Gasteiger partial charge on any atom is 0.165 e. The van der Waals surface area contributed by atoms with Gasteiger partial charge in [0.1, 0.15) is 0 Å². The highest BCUT2D eigenvalue weighted by Crippen LogP contribution is 2.35. The van der Waals surface area contributed by atoms with Crippen LogP contribution in [0.15, 0.2) is 24.3 Å². The van der Waals surface area contributed by atoms with E-state index in [2.05, 4.69) is 23.9 Å². The third kappa shape index (κ3) is 2.51. The molecule has 1 fully saturated rings. The minimum absolute atomic E-state index is 0.517. The highest BCUT2D eigenvalue weighted by Gasteiger charge is 2.19. The van der Waals surface area contributed by atoms with Crippen LogP contribution in [0.2, 0.25) is 0 Å². The van der Waals surface area contributed by atoms with E-state index in [1.54, 1.807) is 0 Å². The lowest BCUT2D eigenvalue weighted by Gasteiger charge is -2.26. The number of rotatable bonds is 2. The fourth-order valence-corrected chi connectivity index (χ4v) is 2.39. The van der Waals surface area contributed by atoms with Crippen LogP contribution in [0.4, 0.5) is 0 Å². The van der Waals surface area contributed by atoms with E-state index in [-0.39, 0.29) is 0 Å². The van der Waals surface area contributed by atoms with E-state index in [0.29, 0.717) is 11.7 Å². The molecule has 0 heterocycles. The summed E-state index contributed by atoms with van der Waals surface area (Å²) < 4.78 is 0. The molecule has 0 radical (unpaired) electrons. The Kier molecular flexibility index (Phi) is 3.27. The minimum Gasteiger partial charge on any atom is -0.340 e. The second kappa shape index (κ2) is 4.67. The molecule has 1 aromatic rings. The predicted octanol–water partition coefficient (Wildman–Crippen LogP) is 3.83. The van der Waals surface area contributed by atoms with E-state index < -0.39 is 0 Å². The van der Waals surface area contributed by atoms with Gasteiger partial charge in [-0.05, 0) is 42.4 Å². The molecule has 2 rings (SSSR count). The highest BCUT2D eigenvalue weighted by molar-refractivity contribution is 5.29. The second-order valence-corrected chi connectivity index (χ2v) is 4.62. The van der Waals surface area contributed by atoms with Crippen molar-refractivity contribution in [2.75, 3.05) is 0 Å². The predicted molar refractivity (Wildman–Crippen MR) is 60.1 cm³/mol. The summed E-state index contributed by atoms with van der Waals surface area (Å²) >= 11 is 0. The first-order chi connectivity index (χ1) is 7.29. The molecule has 0 amide bonds. The van der Waals surface area contributed by atoms with Gasteiger partial charge in [0.05, 0.1) is 0 Å². The van der Waals surface area contributed by atoms with Crippen molar-refractivity contribution in [3.63, 3.8) is 0 Å². The van der Waals surface area contributed by atoms with Gasteiger partial charge in [0.2, 0.25) is 0 Å². The van der Waals surface area contributed by atoms with Crippen LogP contribution in [-0.4, -0.2) is 5.26 Å². The average molecular weight is 206 g/mol. The van der Waals surface area contributed by atoms with Crippen LogP contribution in [0.5, 0.6) is 5.75 Å². The molecule has 1 aliphatic carbocycles. The van der Waals surface area contributed by atoms with Crippen molar-refractivity contribution < 1.29 is 10.1 Å². The molecule has 1 N–H and O–H groups in total. The Hall–Kier alpha value is -1.02. The smallest absolute Gasteiger partial charge is 0.165 e. The Morgan fingerprint density at radius 3 is 2.20 bits per heavy atom. The molecule has 0 bridgehead atoms. The molecule has 1 aliphatic rings. The molecule has 0 spiro atoms. The van der Waals surface area contributed by atoms with Crippen molar-refractivity contribution in [1.29, 1.82) is 0 Å². The molecular weight excluding hydrogens is 188 g/mol. The molecule has 1 saturated carbocycles. The Balaban J connectivity index is 2.03. The molecule has 15 heavy (non-hydrogen) atoms. The number of hydrogen-bond acceptors (Lipinski definition) is 2. The summed E-state index contributed by atoms with van der Waals surface area (Å²) in [7, 11) is 0. The summed E-state index contributed by atoms with van der Waals surface area (Å²) in [4.78, 5) is 4.17. The van der Waals surface area contributed by atoms with Gasteiger partial charge >= 0.3 is 0 Å². The van der Waals surface area contributed by atoms with Crippen LogP contribution in [0.3, 0.4) is 0 Å². The van der Waals surface area contributed by atoms with Crippen molar-refractivity contribution in [3.05, 3.63) is 29.8 Å². The Morgan fingerprint density at radius 2 is 1.67 bits per heavy atom. The third-order valence-electron chi connectivity index (χ3n) is 3.47. The first-order valence-corrected chi connectivity index (χ1v) is 5.71. The minimum atomic E-state index is 0.517. The van der Waals surface area contributed by atoms with E-state index in [9.17, 15) is 0 Å². The maximum atomic E-state index is 8.47. The molecule has 0 aromatic heterocycles. The number of benzene rings is 1. The highest BCUT2D eigenvalue weighted by atomic mass is 17.1. The van der Waals surface area contributed by atoms with Crippen LogP contribution in [-0.2, 0) is 0 Å². The van der Waals surface area contributed by atoms with Gasteiger partial charge in [-0.15, -0.1) is 0 Å². The van der Waals surface area contributed by atoms with Crippen molar-refractivity contribution in [1.82, 2.24) is 0 Å². The van der Waals surface area contributed by atoms with Gasteiger partial charge in [-0.25, -0.2) is 5.26 Å². The summed E-state index contributed by atoms with van der Waals surface area (Å²) in [6.07, 6.45) is 5.26. The van der Waals surface area contributed by atoms with E-state index in [1.165, 1.54) is 31.2 Å². The second-order valence-electron chi connectivity index (χ2n) is 4.62. The summed E-state index contributed by atoms with van der Waals surface area (Å²) in [6.45, 7) is 2.33. The fraction of sp³-hybridized carbons (Fsp3) is 0.538. The zero-order valence-corrected chi connectivity index (χ0v) is 9.15. The molecule has 1 aromatic carbocycles. The first kappa shape index (κ1) is 10.5. The van der Waals surface area contributed by atoms with Gasteiger partial charge in [0, 0.05) is 0 Å². The van der Waals surface area contributed by atoms with Crippen molar-refractivity contribution >= 4 is 0 Å². The van der Waals surface area contributed by atoms with E-state index in [0.717, 1.165) is 5.92 Å². The SMILES string of the molecule is CC1CCC(c2ccc(OO)cc2)CC1. The first-order valence-electron chi connectivity index (χ1n) is 5.71. The normalized spacial score (nSPS) is 26.3.